The van der Waals surface area contributed by atoms with Crippen LogP contribution in [0.1, 0.15) is 13.8 Å². The van der Waals surface area contributed by atoms with E-state index in [1.807, 2.05) is 6.08 Å². The summed E-state index contributed by atoms with van der Waals surface area (Å²) in [6, 6.07) is 0. The van der Waals surface area contributed by atoms with Crippen molar-refractivity contribution in [3.05, 3.63) is 24.3 Å². The SMILES string of the molecule is C=CCOC(=O)C1CNC[C@@H]1C=C(C)C(C)=O. The summed E-state index contributed by atoms with van der Waals surface area (Å²) in [6.45, 7) is 8.34. The molecule has 1 aliphatic rings. The molecule has 1 rings (SSSR count). The molecule has 1 heterocycles. The summed E-state index contributed by atoms with van der Waals surface area (Å²) >= 11 is 0. The lowest BCUT2D eigenvalue weighted by Gasteiger charge is -2.14. The van der Waals surface area contributed by atoms with E-state index in [0.29, 0.717) is 18.7 Å². The highest BCUT2D eigenvalue weighted by molar-refractivity contribution is 5.92. The third-order valence-corrected chi connectivity index (χ3v) is 2.93. The van der Waals surface area contributed by atoms with E-state index in [0.717, 1.165) is 0 Å². The number of ketones is 1. The first-order valence-corrected chi connectivity index (χ1v) is 5.74. The number of carbonyl (C=O) groups is 2. The zero-order valence-corrected chi connectivity index (χ0v) is 10.4. The summed E-state index contributed by atoms with van der Waals surface area (Å²) in [4.78, 5) is 22.9. The second-order valence-electron chi connectivity index (χ2n) is 4.25. The lowest BCUT2D eigenvalue weighted by Crippen LogP contribution is -2.24. The van der Waals surface area contributed by atoms with Crippen LogP contribution >= 0.6 is 0 Å². The standard InChI is InChI=1S/C13H19NO3/c1-4-5-17-13(16)12-8-14-7-11(12)6-9(2)10(3)15/h4,6,11-12,14H,1,5,7-8H2,2-3H3/t11-,12?/m0/s1. The van der Waals surface area contributed by atoms with Crippen LogP contribution in [0.2, 0.25) is 0 Å². The predicted molar refractivity (Wildman–Crippen MR) is 65.4 cm³/mol. The average Bonchev–Trinajstić information content (AvgIpc) is 2.73. The molecule has 0 aromatic rings. The Hall–Kier alpha value is -1.42. The zero-order valence-electron chi connectivity index (χ0n) is 10.4. The summed E-state index contributed by atoms with van der Waals surface area (Å²) in [5, 5.41) is 3.14. The normalized spacial score (nSPS) is 24.5. The lowest BCUT2D eigenvalue weighted by atomic mass is 9.93. The van der Waals surface area contributed by atoms with Gasteiger partial charge in [-0.2, -0.15) is 0 Å². The molecule has 0 bridgehead atoms. The Kier molecular flexibility index (Phi) is 5.10. The number of allylic oxidation sites excluding steroid dienone is 1. The number of hydrogen-bond donors (Lipinski definition) is 1. The van der Waals surface area contributed by atoms with E-state index in [9.17, 15) is 9.59 Å². The highest BCUT2D eigenvalue weighted by atomic mass is 16.5. The molecule has 0 aromatic carbocycles. The molecule has 2 atom stereocenters. The number of ether oxygens (including phenoxy) is 1. The number of rotatable bonds is 5. The molecule has 0 aromatic heterocycles. The molecule has 0 aliphatic carbocycles. The Balaban J connectivity index is 2.66. The first-order chi connectivity index (χ1) is 8.06. The molecule has 17 heavy (non-hydrogen) atoms. The Morgan fingerprint density at radius 3 is 2.71 bits per heavy atom. The van der Waals surface area contributed by atoms with Crippen LogP contribution in [0.25, 0.3) is 0 Å². The minimum Gasteiger partial charge on any atom is -0.461 e. The molecule has 1 fully saturated rings. The van der Waals surface area contributed by atoms with Gasteiger partial charge in [0.1, 0.15) is 6.61 Å². The highest BCUT2D eigenvalue weighted by Crippen LogP contribution is 2.21. The van der Waals surface area contributed by atoms with Crippen molar-refractivity contribution < 1.29 is 14.3 Å². The van der Waals surface area contributed by atoms with Gasteiger partial charge in [-0.05, 0) is 19.4 Å². The first kappa shape index (κ1) is 13.6. The second kappa shape index (κ2) is 6.35. The smallest absolute Gasteiger partial charge is 0.311 e. The van der Waals surface area contributed by atoms with Crippen molar-refractivity contribution in [2.45, 2.75) is 13.8 Å². The van der Waals surface area contributed by atoms with Gasteiger partial charge in [0.25, 0.3) is 0 Å². The van der Waals surface area contributed by atoms with Gasteiger partial charge in [0.05, 0.1) is 5.92 Å². The topological polar surface area (TPSA) is 55.4 Å². The molecule has 1 N–H and O–H groups in total. The molecule has 0 amide bonds. The van der Waals surface area contributed by atoms with Gasteiger partial charge in [0, 0.05) is 19.0 Å². The molecule has 4 heteroatoms. The zero-order chi connectivity index (χ0) is 12.8. The summed E-state index contributed by atoms with van der Waals surface area (Å²) in [5.41, 5.74) is 0.695. The van der Waals surface area contributed by atoms with Crippen LogP contribution < -0.4 is 5.32 Å². The Morgan fingerprint density at radius 1 is 1.41 bits per heavy atom. The van der Waals surface area contributed by atoms with Crippen LogP contribution in [0.5, 0.6) is 0 Å². The van der Waals surface area contributed by atoms with Crippen molar-refractivity contribution in [3.63, 3.8) is 0 Å². The number of hydrogen-bond acceptors (Lipinski definition) is 4. The van der Waals surface area contributed by atoms with E-state index in [1.54, 1.807) is 13.0 Å². The second-order valence-corrected chi connectivity index (χ2v) is 4.25. The van der Waals surface area contributed by atoms with Crippen molar-refractivity contribution >= 4 is 11.8 Å². The van der Waals surface area contributed by atoms with Gasteiger partial charge in [-0.25, -0.2) is 0 Å². The van der Waals surface area contributed by atoms with E-state index >= 15 is 0 Å². The van der Waals surface area contributed by atoms with E-state index in [2.05, 4.69) is 11.9 Å². The first-order valence-electron chi connectivity index (χ1n) is 5.74. The van der Waals surface area contributed by atoms with E-state index in [-0.39, 0.29) is 30.2 Å². The van der Waals surface area contributed by atoms with Crippen molar-refractivity contribution in [2.24, 2.45) is 11.8 Å². The molecular formula is C13H19NO3. The highest BCUT2D eigenvalue weighted by Gasteiger charge is 2.32. The Labute approximate surface area is 102 Å². The van der Waals surface area contributed by atoms with Gasteiger partial charge in [-0.1, -0.05) is 18.7 Å². The molecular weight excluding hydrogens is 218 g/mol. The van der Waals surface area contributed by atoms with Crippen LogP contribution in [-0.4, -0.2) is 31.4 Å². The molecule has 0 saturated carbocycles. The summed E-state index contributed by atoms with van der Waals surface area (Å²) < 4.78 is 5.04. The Bertz CT molecular complexity index is 347. The Morgan fingerprint density at radius 2 is 2.12 bits per heavy atom. The number of esters is 1. The summed E-state index contributed by atoms with van der Waals surface area (Å²) in [5.74, 6) is -0.358. The maximum absolute atomic E-state index is 11.7. The molecule has 1 aliphatic heterocycles. The van der Waals surface area contributed by atoms with Crippen LogP contribution in [-0.2, 0) is 14.3 Å². The third kappa shape index (κ3) is 3.82. The van der Waals surface area contributed by atoms with Crippen molar-refractivity contribution in [2.75, 3.05) is 19.7 Å². The minimum atomic E-state index is -0.229. The molecule has 0 radical (unpaired) electrons. The van der Waals surface area contributed by atoms with Gasteiger partial charge in [-0.3, -0.25) is 9.59 Å². The van der Waals surface area contributed by atoms with E-state index in [4.69, 9.17) is 4.74 Å². The maximum atomic E-state index is 11.7. The molecule has 94 valence electrons. The van der Waals surface area contributed by atoms with E-state index in [1.165, 1.54) is 6.92 Å². The van der Waals surface area contributed by atoms with E-state index < -0.39 is 0 Å². The van der Waals surface area contributed by atoms with Crippen LogP contribution in [0.15, 0.2) is 24.3 Å². The maximum Gasteiger partial charge on any atom is 0.311 e. The third-order valence-electron chi connectivity index (χ3n) is 2.93. The molecule has 1 saturated heterocycles. The van der Waals surface area contributed by atoms with Gasteiger partial charge in [-0.15, -0.1) is 0 Å². The monoisotopic (exact) mass is 237 g/mol. The van der Waals surface area contributed by atoms with Crippen LogP contribution in [0.4, 0.5) is 0 Å². The van der Waals surface area contributed by atoms with Crippen LogP contribution in [0, 0.1) is 11.8 Å². The number of Topliss-reactive ketones (excluding diaryl/α,β-unsaturated/α-hetero) is 1. The van der Waals surface area contributed by atoms with Crippen LogP contribution in [0.3, 0.4) is 0 Å². The van der Waals surface area contributed by atoms with Crippen molar-refractivity contribution in [3.8, 4) is 0 Å². The minimum absolute atomic E-state index is 0.0371. The van der Waals surface area contributed by atoms with Gasteiger partial charge >= 0.3 is 5.97 Å². The van der Waals surface area contributed by atoms with Crippen molar-refractivity contribution in [1.82, 2.24) is 5.32 Å². The van der Waals surface area contributed by atoms with Gasteiger partial charge in [0.15, 0.2) is 5.78 Å². The summed E-state index contributed by atoms with van der Waals surface area (Å²) in [6.07, 6.45) is 3.41. The molecule has 4 nitrogen and oxygen atoms in total. The largest absolute Gasteiger partial charge is 0.461 e. The number of nitrogens with one attached hydrogen (secondary N) is 1. The van der Waals surface area contributed by atoms with Crippen molar-refractivity contribution in [1.29, 1.82) is 0 Å². The number of carbonyl (C=O) groups excluding carboxylic acids is 2. The average molecular weight is 237 g/mol. The van der Waals surface area contributed by atoms with Gasteiger partial charge in [0.2, 0.25) is 0 Å². The fraction of sp³-hybridized carbons (Fsp3) is 0.538. The predicted octanol–water partition coefficient (Wildman–Crippen LogP) is 1.09. The summed E-state index contributed by atoms with van der Waals surface area (Å²) in [7, 11) is 0. The fourth-order valence-electron chi connectivity index (χ4n) is 1.82. The molecule has 1 unspecified atom stereocenters. The quantitative estimate of drug-likeness (QED) is 0.442. The lowest BCUT2D eigenvalue weighted by molar-refractivity contribution is -0.147. The fourth-order valence-corrected chi connectivity index (χ4v) is 1.82. The molecule has 0 spiro atoms. The van der Waals surface area contributed by atoms with Gasteiger partial charge < -0.3 is 10.1 Å².